The fourth-order valence-electron chi connectivity index (χ4n) is 0.573. The molecule has 66 valence electrons. The SMILES string of the molecule is C=C(C)C(N)CSCC(C)C. The van der Waals surface area contributed by atoms with Crippen LogP contribution in [0.15, 0.2) is 12.2 Å². The Kier molecular flexibility index (Phi) is 5.69. The van der Waals surface area contributed by atoms with E-state index in [1.807, 2.05) is 18.7 Å². The lowest BCUT2D eigenvalue weighted by Gasteiger charge is -2.11. The average Bonchev–Trinajstić information content (AvgIpc) is 1.86. The van der Waals surface area contributed by atoms with Gasteiger partial charge in [0, 0.05) is 11.8 Å². The molecule has 0 saturated heterocycles. The van der Waals surface area contributed by atoms with Crippen molar-refractivity contribution < 1.29 is 0 Å². The van der Waals surface area contributed by atoms with Crippen LogP contribution in [0.4, 0.5) is 0 Å². The zero-order chi connectivity index (χ0) is 8.85. The van der Waals surface area contributed by atoms with E-state index in [1.54, 1.807) is 0 Å². The molecular formula is C9H19NS. The molecule has 1 nitrogen and oxygen atoms in total. The van der Waals surface area contributed by atoms with E-state index in [4.69, 9.17) is 5.73 Å². The predicted molar refractivity (Wildman–Crippen MR) is 55.0 cm³/mol. The minimum absolute atomic E-state index is 0.179. The second kappa shape index (κ2) is 5.67. The molecule has 0 aromatic rings. The van der Waals surface area contributed by atoms with E-state index in [2.05, 4.69) is 20.4 Å². The largest absolute Gasteiger partial charge is 0.324 e. The third-order valence-corrected chi connectivity index (χ3v) is 2.88. The molecule has 0 heterocycles. The zero-order valence-electron chi connectivity index (χ0n) is 7.76. The van der Waals surface area contributed by atoms with Crippen molar-refractivity contribution in [2.75, 3.05) is 11.5 Å². The third kappa shape index (κ3) is 6.45. The maximum atomic E-state index is 5.78. The number of thioether (sulfide) groups is 1. The Morgan fingerprint density at radius 1 is 1.45 bits per heavy atom. The van der Waals surface area contributed by atoms with Crippen LogP contribution in [0.2, 0.25) is 0 Å². The molecule has 0 spiro atoms. The van der Waals surface area contributed by atoms with Gasteiger partial charge in [-0.2, -0.15) is 11.8 Å². The van der Waals surface area contributed by atoms with Crippen molar-refractivity contribution in [1.29, 1.82) is 0 Å². The van der Waals surface area contributed by atoms with E-state index in [9.17, 15) is 0 Å². The van der Waals surface area contributed by atoms with Gasteiger partial charge in [-0.1, -0.05) is 26.0 Å². The van der Waals surface area contributed by atoms with Crippen LogP contribution in [0.1, 0.15) is 20.8 Å². The monoisotopic (exact) mass is 173 g/mol. The van der Waals surface area contributed by atoms with Crippen molar-refractivity contribution >= 4 is 11.8 Å². The van der Waals surface area contributed by atoms with E-state index in [0.29, 0.717) is 0 Å². The average molecular weight is 173 g/mol. The molecule has 1 atom stereocenters. The third-order valence-electron chi connectivity index (χ3n) is 1.38. The fraction of sp³-hybridized carbons (Fsp3) is 0.778. The lowest BCUT2D eigenvalue weighted by molar-refractivity contribution is 0.748. The molecule has 0 amide bonds. The summed E-state index contributed by atoms with van der Waals surface area (Å²) in [5.41, 5.74) is 6.87. The summed E-state index contributed by atoms with van der Waals surface area (Å²) >= 11 is 1.91. The lowest BCUT2D eigenvalue weighted by Crippen LogP contribution is -2.23. The van der Waals surface area contributed by atoms with Gasteiger partial charge in [0.2, 0.25) is 0 Å². The summed E-state index contributed by atoms with van der Waals surface area (Å²) in [6.45, 7) is 10.2. The van der Waals surface area contributed by atoms with Crippen LogP contribution in [0.5, 0.6) is 0 Å². The van der Waals surface area contributed by atoms with Gasteiger partial charge in [-0.15, -0.1) is 0 Å². The molecule has 0 aliphatic carbocycles. The molecule has 0 aliphatic rings. The number of nitrogens with two attached hydrogens (primary N) is 1. The molecule has 2 N–H and O–H groups in total. The smallest absolute Gasteiger partial charge is 0.0340 e. The molecule has 0 fully saturated rings. The molecule has 0 bridgehead atoms. The van der Waals surface area contributed by atoms with Gasteiger partial charge in [-0.3, -0.25) is 0 Å². The second-order valence-electron chi connectivity index (χ2n) is 3.38. The Labute approximate surface area is 74.4 Å². The van der Waals surface area contributed by atoms with Crippen molar-refractivity contribution in [3.63, 3.8) is 0 Å². The van der Waals surface area contributed by atoms with E-state index >= 15 is 0 Å². The quantitative estimate of drug-likeness (QED) is 0.645. The summed E-state index contributed by atoms with van der Waals surface area (Å²) in [6, 6.07) is 0.179. The van der Waals surface area contributed by atoms with Crippen LogP contribution in [-0.4, -0.2) is 17.5 Å². The number of hydrogen-bond acceptors (Lipinski definition) is 2. The summed E-state index contributed by atoms with van der Waals surface area (Å²) in [6.07, 6.45) is 0. The highest BCUT2D eigenvalue weighted by Crippen LogP contribution is 2.10. The van der Waals surface area contributed by atoms with Gasteiger partial charge < -0.3 is 5.73 Å². The normalized spacial score (nSPS) is 13.5. The lowest BCUT2D eigenvalue weighted by atomic mass is 10.2. The first-order valence-corrected chi connectivity index (χ1v) is 5.18. The van der Waals surface area contributed by atoms with Crippen molar-refractivity contribution in [2.45, 2.75) is 26.8 Å². The summed E-state index contributed by atoms with van der Waals surface area (Å²) in [4.78, 5) is 0. The van der Waals surface area contributed by atoms with Crippen LogP contribution in [0.25, 0.3) is 0 Å². The first-order valence-electron chi connectivity index (χ1n) is 4.02. The first kappa shape index (κ1) is 11.1. The fourth-order valence-corrected chi connectivity index (χ4v) is 1.72. The van der Waals surface area contributed by atoms with E-state index < -0.39 is 0 Å². The van der Waals surface area contributed by atoms with Gasteiger partial charge in [0.25, 0.3) is 0 Å². The maximum Gasteiger partial charge on any atom is 0.0340 e. The summed E-state index contributed by atoms with van der Waals surface area (Å²) < 4.78 is 0. The highest BCUT2D eigenvalue weighted by Gasteiger charge is 2.02. The van der Waals surface area contributed by atoms with Crippen molar-refractivity contribution in [3.05, 3.63) is 12.2 Å². The number of rotatable bonds is 5. The van der Waals surface area contributed by atoms with E-state index in [1.165, 1.54) is 5.75 Å². The van der Waals surface area contributed by atoms with Gasteiger partial charge in [-0.05, 0) is 18.6 Å². The molecule has 0 radical (unpaired) electrons. The van der Waals surface area contributed by atoms with E-state index in [-0.39, 0.29) is 6.04 Å². The first-order chi connectivity index (χ1) is 5.04. The van der Waals surface area contributed by atoms with Crippen LogP contribution >= 0.6 is 11.8 Å². The van der Waals surface area contributed by atoms with Gasteiger partial charge in [0.1, 0.15) is 0 Å². The van der Waals surface area contributed by atoms with Gasteiger partial charge in [0.05, 0.1) is 0 Å². The highest BCUT2D eigenvalue weighted by molar-refractivity contribution is 7.99. The minimum Gasteiger partial charge on any atom is -0.324 e. The minimum atomic E-state index is 0.179. The topological polar surface area (TPSA) is 26.0 Å². The van der Waals surface area contributed by atoms with Crippen molar-refractivity contribution in [1.82, 2.24) is 0 Å². The molecular weight excluding hydrogens is 154 g/mol. The van der Waals surface area contributed by atoms with Crippen LogP contribution < -0.4 is 5.73 Å². The zero-order valence-corrected chi connectivity index (χ0v) is 8.58. The highest BCUT2D eigenvalue weighted by atomic mass is 32.2. The summed E-state index contributed by atoms with van der Waals surface area (Å²) in [5.74, 6) is 2.96. The standard InChI is InChI=1S/C9H19NS/c1-7(2)5-11-6-9(10)8(3)4/h7,9H,3,5-6,10H2,1-2,4H3. The Balaban J connectivity index is 3.31. The Bertz CT molecular complexity index is 121. The molecule has 0 aromatic carbocycles. The molecule has 1 unspecified atom stereocenters. The Hall–Kier alpha value is 0.0500. The number of hydrogen-bond donors (Lipinski definition) is 1. The molecule has 0 aliphatic heterocycles. The molecule has 0 aromatic heterocycles. The van der Waals surface area contributed by atoms with Gasteiger partial charge >= 0.3 is 0 Å². The molecule has 0 saturated carbocycles. The van der Waals surface area contributed by atoms with Crippen molar-refractivity contribution in [3.8, 4) is 0 Å². The molecule has 11 heavy (non-hydrogen) atoms. The summed E-state index contributed by atoms with van der Waals surface area (Å²) in [7, 11) is 0. The Morgan fingerprint density at radius 2 is 2.00 bits per heavy atom. The Morgan fingerprint density at radius 3 is 2.36 bits per heavy atom. The van der Waals surface area contributed by atoms with Gasteiger partial charge in [-0.25, -0.2) is 0 Å². The summed E-state index contributed by atoms with van der Waals surface area (Å²) in [5, 5.41) is 0. The van der Waals surface area contributed by atoms with Gasteiger partial charge in [0.15, 0.2) is 0 Å². The molecule has 2 heteroatoms. The predicted octanol–water partition coefficient (Wildman–Crippen LogP) is 2.28. The van der Waals surface area contributed by atoms with E-state index in [0.717, 1.165) is 17.2 Å². The second-order valence-corrected chi connectivity index (χ2v) is 4.46. The van der Waals surface area contributed by atoms with Crippen LogP contribution in [-0.2, 0) is 0 Å². The van der Waals surface area contributed by atoms with Crippen LogP contribution in [0, 0.1) is 5.92 Å². The van der Waals surface area contributed by atoms with Crippen molar-refractivity contribution in [2.24, 2.45) is 11.7 Å². The van der Waals surface area contributed by atoms with Crippen LogP contribution in [0.3, 0.4) is 0 Å². The maximum absolute atomic E-state index is 5.78. The molecule has 0 rings (SSSR count).